The van der Waals surface area contributed by atoms with E-state index in [1.807, 2.05) is 18.2 Å². The van der Waals surface area contributed by atoms with Gasteiger partial charge < -0.3 is 19.8 Å². The Labute approximate surface area is 199 Å². The van der Waals surface area contributed by atoms with Gasteiger partial charge in [-0.2, -0.15) is 0 Å². The number of aromatic nitrogens is 2. The number of benzene rings is 1. The minimum absolute atomic E-state index is 0.0597. The zero-order chi connectivity index (χ0) is 22.4. The van der Waals surface area contributed by atoms with E-state index in [2.05, 4.69) is 15.3 Å². The van der Waals surface area contributed by atoms with Crippen molar-refractivity contribution < 1.29 is 14.3 Å². The van der Waals surface area contributed by atoms with Crippen LogP contribution in [0.25, 0.3) is 10.2 Å². The topological polar surface area (TPSA) is 93.3 Å². The monoisotopic (exact) mass is 483 g/mol. The molecule has 2 aliphatic carbocycles. The maximum Gasteiger partial charge on any atom is 0.259 e. The molecule has 1 aromatic carbocycles. The average molecular weight is 484 g/mol. The van der Waals surface area contributed by atoms with Crippen LogP contribution in [0.2, 0.25) is 0 Å². The van der Waals surface area contributed by atoms with Crippen molar-refractivity contribution in [1.82, 2.24) is 9.97 Å². The van der Waals surface area contributed by atoms with Crippen molar-refractivity contribution in [1.29, 1.82) is 0 Å². The number of hydrogen-bond donors (Lipinski definition) is 2. The summed E-state index contributed by atoms with van der Waals surface area (Å²) in [6, 6.07) is 5.55. The largest absolute Gasteiger partial charge is 0.448 e. The molecule has 3 aliphatic rings. The molecule has 0 atom stereocenters. The molecule has 1 saturated carbocycles. The van der Waals surface area contributed by atoms with E-state index >= 15 is 0 Å². The normalized spacial score (nSPS) is 18.1. The summed E-state index contributed by atoms with van der Waals surface area (Å²) in [5.74, 6) is 2.17. The van der Waals surface area contributed by atoms with Gasteiger partial charge in [-0.15, -0.1) is 23.1 Å². The van der Waals surface area contributed by atoms with Crippen molar-refractivity contribution >= 4 is 44.9 Å². The van der Waals surface area contributed by atoms with Crippen molar-refractivity contribution in [3.63, 3.8) is 0 Å². The SMILES string of the molecule is O=C(CSCc1nc2sc3c(c2c(=O)[nH]1)CCC3)Nc1ccc2c(c1)OC1(CCCCC1)O2. The average Bonchev–Trinajstić information content (AvgIpc) is 3.46. The third-order valence-electron chi connectivity index (χ3n) is 6.53. The smallest absolute Gasteiger partial charge is 0.259 e. The number of nitrogens with one attached hydrogen (secondary N) is 2. The number of aromatic amines is 1. The molecular formula is C24H25N3O4S2. The Morgan fingerprint density at radius 1 is 1.15 bits per heavy atom. The number of thioether (sulfide) groups is 1. The number of fused-ring (bicyclic) bond motifs is 4. The highest BCUT2D eigenvalue weighted by atomic mass is 32.2. The van der Waals surface area contributed by atoms with Gasteiger partial charge in [-0.05, 0) is 49.8 Å². The maximum atomic E-state index is 12.6. The fraction of sp³-hybridized carbons (Fsp3) is 0.458. The molecule has 1 fully saturated rings. The van der Waals surface area contributed by atoms with Crippen molar-refractivity contribution in [2.75, 3.05) is 11.1 Å². The van der Waals surface area contributed by atoms with Crippen LogP contribution in [0, 0.1) is 0 Å². The molecule has 3 aromatic rings. The summed E-state index contributed by atoms with van der Waals surface area (Å²) < 4.78 is 12.2. The van der Waals surface area contributed by atoms with E-state index in [1.54, 1.807) is 11.3 Å². The number of rotatable bonds is 5. The number of ether oxygens (including phenoxy) is 2. The lowest BCUT2D eigenvalue weighted by atomic mass is 9.94. The summed E-state index contributed by atoms with van der Waals surface area (Å²) in [5.41, 5.74) is 1.81. The Morgan fingerprint density at radius 3 is 2.88 bits per heavy atom. The lowest BCUT2D eigenvalue weighted by molar-refractivity contribution is -0.113. The highest BCUT2D eigenvalue weighted by Gasteiger charge is 2.42. The van der Waals surface area contributed by atoms with Gasteiger partial charge in [0.2, 0.25) is 5.91 Å². The van der Waals surface area contributed by atoms with E-state index in [-0.39, 0.29) is 17.2 Å². The highest BCUT2D eigenvalue weighted by Crippen LogP contribution is 2.46. The number of carbonyl (C=O) groups excluding carboxylic acids is 1. The Bertz CT molecular complexity index is 1290. The summed E-state index contributed by atoms with van der Waals surface area (Å²) in [7, 11) is 0. The Kier molecular flexibility index (Phi) is 5.33. The van der Waals surface area contributed by atoms with Crippen LogP contribution in [-0.2, 0) is 23.4 Å². The summed E-state index contributed by atoms with van der Waals surface area (Å²) in [5, 5.41) is 3.69. The fourth-order valence-electron chi connectivity index (χ4n) is 5.02. The van der Waals surface area contributed by atoms with E-state index in [9.17, 15) is 9.59 Å². The van der Waals surface area contributed by atoms with E-state index < -0.39 is 5.79 Å². The molecule has 1 amide bonds. The first-order chi connectivity index (χ1) is 16.1. The number of H-pyrrole nitrogens is 1. The van der Waals surface area contributed by atoms with Crippen LogP contribution in [0.4, 0.5) is 5.69 Å². The molecule has 3 heterocycles. The summed E-state index contributed by atoms with van der Waals surface area (Å²) >= 11 is 3.06. The van der Waals surface area contributed by atoms with Crippen LogP contribution >= 0.6 is 23.1 Å². The molecule has 0 radical (unpaired) electrons. The van der Waals surface area contributed by atoms with Gasteiger partial charge in [0, 0.05) is 29.5 Å². The van der Waals surface area contributed by atoms with Gasteiger partial charge in [0.05, 0.1) is 16.9 Å². The number of aryl methyl sites for hydroxylation is 2. The minimum atomic E-state index is -0.521. The molecular weight excluding hydrogens is 458 g/mol. The van der Waals surface area contributed by atoms with Crippen molar-refractivity contribution in [3.8, 4) is 11.5 Å². The number of anilines is 1. The Morgan fingerprint density at radius 2 is 2.00 bits per heavy atom. The van der Waals surface area contributed by atoms with Gasteiger partial charge in [-0.1, -0.05) is 6.42 Å². The molecule has 33 heavy (non-hydrogen) atoms. The van der Waals surface area contributed by atoms with E-state index in [1.165, 1.54) is 28.6 Å². The lowest BCUT2D eigenvalue weighted by Gasteiger charge is -2.31. The maximum absolute atomic E-state index is 12.6. The zero-order valence-corrected chi connectivity index (χ0v) is 19.8. The van der Waals surface area contributed by atoms with Gasteiger partial charge in [0.15, 0.2) is 11.5 Å². The molecule has 6 rings (SSSR count). The molecule has 2 N–H and O–H groups in total. The van der Waals surface area contributed by atoms with Crippen molar-refractivity contribution in [2.24, 2.45) is 0 Å². The lowest BCUT2D eigenvalue weighted by Crippen LogP contribution is -2.40. The highest BCUT2D eigenvalue weighted by molar-refractivity contribution is 7.99. The predicted octanol–water partition coefficient (Wildman–Crippen LogP) is 4.78. The third-order valence-corrected chi connectivity index (χ3v) is 8.66. The van der Waals surface area contributed by atoms with E-state index in [0.717, 1.165) is 60.9 Å². The van der Waals surface area contributed by atoms with Crippen molar-refractivity contribution in [3.05, 3.63) is 44.8 Å². The van der Waals surface area contributed by atoms with Crippen LogP contribution in [0.5, 0.6) is 11.5 Å². The van der Waals surface area contributed by atoms with Crippen molar-refractivity contribution in [2.45, 2.75) is 62.9 Å². The van der Waals surface area contributed by atoms with Crippen LogP contribution in [0.1, 0.15) is 54.8 Å². The first kappa shape index (κ1) is 21.0. The minimum Gasteiger partial charge on any atom is -0.448 e. The number of carbonyl (C=O) groups is 1. The Hall–Kier alpha value is -2.52. The molecule has 9 heteroatoms. The molecule has 0 unspecified atom stereocenters. The first-order valence-corrected chi connectivity index (χ1v) is 13.5. The zero-order valence-electron chi connectivity index (χ0n) is 18.2. The van der Waals surface area contributed by atoms with Crippen LogP contribution in [-0.4, -0.2) is 27.4 Å². The van der Waals surface area contributed by atoms with Crippen LogP contribution < -0.4 is 20.3 Å². The van der Waals surface area contributed by atoms with Gasteiger partial charge in [0.1, 0.15) is 10.7 Å². The third kappa shape index (κ3) is 4.01. The second kappa shape index (κ2) is 8.36. The number of amides is 1. The van der Waals surface area contributed by atoms with E-state index in [4.69, 9.17) is 9.47 Å². The summed E-state index contributed by atoms with van der Waals surface area (Å²) in [6.45, 7) is 0. The van der Waals surface area contributed by atoms with Gasteiger partial charge in [-0.25, -0.2) is 4.98 Å². The number of nitrogens with zero attached hydrogens (tertiary/aromatic N) is 1. The standard InChI is InChI=1S/C24H25N3O4S2/c28-20(25-14-7-8-16-17(11-14)31-24(30-16)9-2-1-3-10-24)13-32-12-19-26-22(29)21-15-5-4-6-18(15)33-23(21)27-19/h7-8,11H,1-6,9-10,12-13H2,(H,25,28)(H,26,27,29). The molecule has 0 bridgehead atoms. The molecule has 1 aliphatic heterocycles. The molecule has 172 valence electrons. The number of thiophene rings is 1. The molecule has 7 nitrogen and oxygen atoms in total. The van der Waals surface area contributed by atoms with Crippen LogP contribution in [0.15, 0.2) is 23.0 Å². The predicted molar refractivity (Wildman–Crippen MR) is 131 cm³/mol. The first-order valence-electron chi connectivity index (χ1n) is 11.5. The van der Waals surface area contributed by atoms with Gasteiger partial charge >= 0.3 is 0 Å². The number of hydrogen-bond acceptors (Lipinski definition) is 7. The fourth-order valence-corrected chi connectivity index (χ4v) is 6.99. The second-order valence-electron chi connectivity index (χ2n) is 8.93. The quantitative estimate of drug-likeness (QED) is 0.543. The second-order valence-corrected chi connectivity index (χ2v) is 11.0. The summed E-state index contributed by atoms with van der Waals surface area (Å²) in [6.07, 6.45) is 8.36. The molecule has 0 saturated heterocycles. The van der Waals surface area contributed by atoms with E-state index in [0.29, 0.717) is 23.0 Å². The molecule has 2 aromatic heterocycles. The summed E-state index contributed by atoms with van der Waals surface area (Å²) in [4.78, 5) is 34.7. The van der Waals surface area contributed by atoms with Gasteiger partial charge in [-0.3, -0.25) is 9.59 Å². The molecule has 1 spiro atoms. The van der Waals surface area contributed by atoms with Crippen LogP contribution in [0.3, 0.4) is 0 Å². The Balaban J connectivity index is 1.06. The van der Waals surface area contributed by atoms with Gasteiger partial charge in [0.25, 0.3) is 11.3 Å².